The Balaban J connectivity index is 2.42. The number of nitrogens with one attached hydrogen (secondary N) is 1. The molecule has 0 aliphatic heterocycles. The van der Waals surface area contributed by atoms with Crippen molar-refractivity contribution < 1.29 is 18.0 Å². The van der Waals surface area contributed by atoms with Gasteiger partial charge in [-0.05, 0) is 58.2 Å². The number of carbonyl (C=O) groups is 2. The van der Waals surface area contributed by atoms with Gasteiger partial charge in [0.2, 0.25) is 21.8 Å². The number of benzene rings is 2. The summed E-state index contributed by atoms with van der Waals surface area (Å²) in [5, 5.41) is 2.93. The largest absolute Gasteiger partial charge is 0.352 e. The number of rotatable bonds is 10. The van der Waals surface area contributed by atoms with Gasteiger partial charge in [0.05, 0.1) is 11.9 Å². The molecule has 2 rings (SSSR count). The molecule has 0 radical (unpaired) electrons. The monoisotopic (exact) mass is 487 g/mol. The maximum absolute atomic E-state index is 13.6. The molecule has 2 aromatic rings. The number of anilines is 1. The van der Waals surface area contributed by atoms with E-state index < -0.39 is 28.5 Å². The fourth-order valence-electron chi connectivity index (χ4n) is 3.74. The Bertz CT molecular complexity index is 1130. The van der Waals surface area contributed by atoms with Crippen molar-refractivity contribution in [2.45, 2.75) is 66.6 Å². The van der Waals surface area contributed by atoms with Crippen LogP contribution in [0.5, 0.6) is 0 Å². The quantitative estimate of drug-likeness (QED) is 0.554. The first-order valence-electron chi connectivity index (χ1n) is 11.5. The van der Waals surface area contributed by atoms with E-state index in [0.29, 0.717) is 5.69 Å². The van der Waals surface area contributed by atoms with Gasteiger partial charge >= 0.3 is 0 Å². The summed E-state index contributed by atoms with van der Waals surface area (Å²) >= 11 is 0. The van der Waals surface area contributed by atoms with Crippen molar-refractivity contribution in [3.05, 3.63) is 64.7 Å². The Morgan fingerprint density at radius 1 is 1.00 bits per heavy atom. The second-order valence-corrected chi connectivity index (χ2v) is 11.0. The third kappa shape index (κ3) is 7.32. The van der Waals surface area contributed by atoms with Gasteiger partial charge in [-0.15, -0.1) is 0 Å². The third-order valence-corrected chi connectivity index (χ3v) is 7.03. The van der Waals surface area contributed by atoms with Crippen molar-refractivity contribution in [2.24, 2.45) is 0 Å². The molecule has 0 unspecified atom stereocenters. The molecule has 186 valence electrons. The number of sulfonamides is 1. The SMILES string of the molecule is CC[C@H](C)NC(=O)[C@@H](C)N(Cc1cccc(C)c1)C(=O)CN(c1ccc(C)cc1C)S(C)(=O)=O. The molecule has 0 fully saturated rings. The number of aryl methyl sites for hydroxylation is 3. The summed E-state index contributed by atoms with van der Waals surface area (Å²) < 4.78 is 26.5. The third-order valence-electron chi connectivity index (χ3n) is 5.90. The van der Waals surface area contributed by atoms with E-state index in [4.69, 9.17) is 0 Å². The van der Waals surface area contributed by atoms with E-state index in [1.54, 1.807) is 13.0 Å². The van der Waals surface area contributed by atoms with Gasteiger partial charge in [0, 0.05) is 12.6 Å². The molecule has 2 aromatic carbocycles. The Labute approximate surface area is 204 Å². The second-order valence-electron chi connectivity index (χ2n) is 9.06. The van der Waals surface area contributed by atoms with E-state index in [9.17, 15) is 18.0 Å². The second kappa shape index (κ2) is 11.5. The zero-order valence-corrected chi connectivity index (χ0v) is 22.1. The van der Waals surface area contributed by atoms with Crippen molar-refractivity contribution in [3.63, 3.8) is 0 Å². The van der Waals surface area contributed by atoms with Crippen LogP contribution in [0.15, 0.2) is 42.5 Å². The van der Waals surface area contributed by atoms with Gasteiger partial charge in [-0.3, -0.25) is 13.9 Å². The molecular weight excluding hydrogens is 450 g/mol. The van der Waals surface area contributed by atoms with Crippen LogP contribution in [0.1, 0.15) is 49.4 Å². The molecule has 0 bridgehead atoms. The summed E-state index contributed by atoms with van der Waals surface area (Å²) in [7, 11) is -3.75. The Kier molecular flexibility index (Phi) is 9.27. The molecular formula is C26H37N3O4S. The van der Waals surface area contributed by atoms with Crippen LogP contribution in [-0.4, -0.2) is 50.0 Å². The van der Waals surface area contributed by atoms with Crippen LogP contribution in [0.4, 0.5) is 5.69 Å². The lowest BCUT2D eigenvalue weighted by atomic mass is 10.1. The normalized spacial score (nSPS) is 13.1. The van der Waals surface area contributed by atoms with E-state index in [0.717, 1.165) is 39.2 Å². The number of nitrogens with zero attached hydrogens (tertiary/aromatic N) is 2. The number of amides is 2. The van der Waals surface area contributed by atoms with Gasteiger partial charge < -0.3 is 10.2 Å². The van der Waals surface area contributed by atoms with Crippen molar-refractivity contribution in [2.75, 3.05) is 17.1 Å². The number of hydrogen-bond donors (Lipinski definition) is 1. The molecule has 2 atom stereocenters. The first-order valence-corrected chi connectivity index (χ1v) is 13.4. The topological polar surface area (TPSA) is 86.8 Å². The molecule has 0 spiro atoms. The van der Waals surface area contributed by atoms with E-state index >= 15 is 0 Å². The molecule has 2 amide bonds. The van der Waals surface area contributed by atoms with E-state index in [1.165, 1.54) is 4.90 Å². The molecule has 0 saturated carbocycles. The summed E-state index contributed by atoms with van der Waals surface area (Å²) in [4.78, 5) is 28.0. The van der Waals surface area contributed by atoms with Crippen LogP contribution in [0.25, 0.3) is 0 Å². The number of carbonyl (C=O) groups excluding carboxylic acids is 2. The molecule has 1 N–H and O–H groups in total. The molecule has 0 aromatic heterocycles. The van der Waals surface area contributed by atoms with Crippen molar-refractivity contribution >= 4 is 27.5 Å². The lowest BCUT2D eigenvalue weighted by Crippen LogP contribution is -2.52. The molecule has 7 nitrogen and oxygen atoms in total. The van der Waals surface area contributed by atoms with Crippen molar-refractivity contribution in [1.29, 1.82) is 0 Å². The Morgan fingerprint density at radius 2 is 1.65 bits per heavy atom. The first-order chi connectivity index (χ1) is 15.8. The highest BCUT2D eigenvalue weighted by atomic mass is 32.2. The van der Waals surface area contributed by atoms with Crippen molar-refractivity contribution in [3.8, 4) is 0 Å². The van der Waals surface area contributed by atoms with Crippen molar-refractivity contribution in [1.82, 2.24) is 10.2 Å². The van der Waals surface area contributed by atoms with Gasteiger partial charge in [0.25, 0.3) is 0 Å². The fourth-order valence-corrected chi connectivity index (χ4v) is 4.64. The minimum atomic E-state index is -3.75. The van der Waals surface area contributed by atoms with Gasteiger partial charge in [-0.25, -0.2) is 8.42 Å². The summed E-state index contributed by atoms with van der Waals surface area (Å²) in [5.41, 5.74) is 4.11. The summed E-state index contributed by atoms with van der Waals surface area (Å²) in [5.74, 6) is -0.716. The van der Waals surface area contributed by atoms with E-state index in [1.807, 2.05) is 71.0 Å². The molecule has 0 heterocycles. The first kappa shape index (κ1) is 27.4. The minimum absolute atomic E-state index is 0.0337. The predicted molar refractivity (Wildman–Crippen MR) is 137 cm³/mol. The standard InChI is InChI=1S/C26H37N3O4S/c1-8-21(5)27-26(31)22(6)28(16-23-11-9-10-18(2)15-23)25(30)17-29(34(7,32)33)24-13-12-19(3)14-20(24)4/h9-15,21-22H,8,16-17H2,1-7H3,(H,27,31)/t21-,22+/m0/s1. The van der Waals surface area contributed by atoms with Gasteiger partial charge in [-0.2, -0.15) is 0 Å². The molecule has 0 aliphatic rings. The van der Waals surface area contributed by atoms with E-state index in [-0.39, 0.29) is 18.5 Å². The minimum Gasteiger partial charge on any atom is -0.352 e. The highest BCUT2D eigenvalue weighted by molar-refractivity contribution is 7.92. The van der Waals surface area contributed by atoms with Crippen LogP contribution in [-0.2, 0) is 26.2 Å². The lowest BCUT2D eigenvalue weighted by Gasteiger charge is -2.32. The highest BCUT2D eigenvalue weighted by Gasteiger charge is 2.30. The van der Waals surface area contributed by atoms with Crippen LogP contribution in [0, 0.1) is 20.8 Å². The Hall–Kier alpha value is -2.87. The Morgan fingerprint density at radius 3 is 2.21 bits per heavy atom. The zero-order chi connectivity index (χ0) is 25.6. The molecule has 0 aliphatic carbocycles. The molecule has 8 heteroatoms. The molecule has 34 heavy (non-hydrogen) atoms. The van der Waals surface area contributed by atoms with Crippen LogP contribution < -0.4 is 9.62 Å². The number of hydrogen-bond acceptors (Lipinski definition) is 4. The van der Waals surface area contributed by atoms with Crippen LogP contribution >= 0.6 is 0 Å². The van der Waals surface area contributed by atoms with Crippen LogP contribution in [0.3, 0.4) is 0 Å². The van der Waals surface area contributed by atoms with Gasteiger partial charge in [0.15, 0.2) is 0 Å². The maximum Gasteiger partial charge on any atom is 0.244 e. The van der Waals surface area contributed by atoms with Gasteiger partial charge in [-0.1, -0.05) is 54.4 Å². The lowest BCUT2D eigenvalue weighted by molar-refractivity contribution is -0.139. The van der Waals surface area contributed by atoms with Crippen LogP contribution in [0.2, 0.25) is 0 Å². The average molecular weight is 488 g/mol. The summed E-state index contributed by atoms with van der Waals surface area (Å²) in [6.45, 7) is 11.1. The predicted octanol–water partition coefficient (Wildman–Crippen LogP) is 3.71. The van der Waals surface area contributed by atoms with Gasteiger partial charge in [0.1, 0.15) is 12.6 Å². The smallest absolute Gasteiger partial charge is 0.244 e. The fraction of sp³-hybridized carbons (Fsp3) is 0.462. The van der Waals surface area contributed by atoms with E-state index in [2.05, 4.69) is 5.32 Å². The molecule has 0 saturated heterocycles. The zero-order valence-electron chi connectivity index (χ0n) is 21.3. The average Bonchev–Trinajstić information content (AvgIpc) is 2.74. The summed E-state index contributed by atoms with van der Waals surface area (Å²) in [6, 6.07) is 12.3. The maximum atomic E-state index is 13.6. The summed E-state index contributed by atoms with van der Waals surface area (Å²) in [6.07, 6.45) is 1.85. The highest BCUT2D eigenvalue weighted by Crippen LogP contribution is 2.24.